The molecule has 0 radical (unpaired) electrons. The molecule has 0 unspecified atom stereocenters. The smallest absolute Gasteiger partial charge is 0.241 e. The number of halogens is 2. The van der Waals surface area contributed by atoms with Crippen molar-refractivity contribution in [3.05, 3.63) is 64.0 Å². The van der Waals surface area contributed by atoms with Crippen LogP contribution in [0.3, 0.4) is 0 Å². The highest BCUT2D eigenvalue weighted by atomic mass is 35.5. The molecular formula is C22H22Cl2N4O2. The zero-order valence-corrected chi connectivity index (χ0v) is 18.1. The summed E-state index contributed by atoms with van der Waals surface area (Å²) in [7, 11) is 0. The largest absolute Gasteiger partial charge is 0.338 e. The van der Waals surface area contributed by atoms with Crippen LogP contribution in [-0.4, -0.2) is 34.0 Å². The number of carbonyl (C=O) groups is 1. The number of rotatable bonds is 5. The molecule has 1 saturated heterocycles. The molecule has 0 aliphatic carbocycles. The Balaban J connectivity index is 1.31. The predicted molar refractivity (Wildman–Crippen MR) is 118 cm³/mol. The first-order valence-corrected chi connectivity index (χ1v) is 10.6. The van der Waals surface area contributed by atoms with Crippen LogP contribution in [0.4, 0.5) is 5.69 Å². The second-order valence-electron chi connectivity index (χ2n) is 7.44. The van der Waals surface area contributed by atoms with Gasteiger partial charge in [0.25, 0.3) is 0 Å². The number of likely N-dealkylation sites (tertiary alicyclic amines) is 1. The van der Waals surface area contributed by atoms with Gasteiger partial charge < -0.3 is 9.84 Å². The van der Waals surface area contributed by atoms with Gasteiger partial charge in [0.15, 0.2) is 0 Å². The molecular weight excluding hydrogens is 423 g/mol. The number of piperidine rings is 1. The molecule has 2 aromatic carbocycles. The maximum Gasteiger partial charge on any atom is 0.241 e. The Hall–Kier alpha value is -2.41. The summed E-state index contributed by atoms with van der Waals surface area (Å²) in [4.78, 5) is 19.4. The van der Waals surface area contributed by atoms with Gasteiger partial charge in [0, 0.05) is 22.2 Å². The van der Waals surface area contributed by atoms with Crippen LogP contribution in [0, 0.1) is 12.8 Å². The van der Waals surface area contributed by atoms with Gasteiger partial charge in [-0.25, -0.2) is 0 Å². The molecule has 1 amide bonds. The van der Waals surface area contributed by atoms with Crippen molar-refractivity contribution in [2.75, 3.05) is 18.4 Å². The molecule has 1 fully saturated rings. The Labute approximate surface area is 185 Å². The number of aromatic nitrogens is 2. The lowest BCUT2D eigenvalue weighted by molar-refractivity contribution is -0.121. The molecule has 4 rings (SSSR count). The first-order chi connectivity index (χ1) is 14.5. The van der Waals surface area contributed by atoms with Crippen LogP contribution in [-0.2, 0) is 11.3 Å². The van der Waals surface area contributed by atoms with Crippen LogP contribution in [0.2, 0.25) is 10.0 Å². The molecule has 1 N–H and O–H groups in total. The molecule has 30 heavy (non-hydrogen) atoms. The summed E-state index contributed by atoms with van der Waals surface area (Å²) in [6.07, 6.45) is 1.55. The van der Waals surface area contributed by atoms with Gasteiger partial charge in [-0.05, 0) is 62.7 Å². The van der Waals surface area contributed by atoms with E-state index in [-0.39, 0.29) is 11.8 Å². The van der Waals surface area contributed by atoms with Crippen molar-refractivity contribution >= 4 is 34.8 Å². The Morgan fingerprint density at radius 1 is 1.13 bits per heavy atom. The van der Waals surface area contributed by atoms with Gasteiger partial charge in [-0.15, -0.1) is 0 Å². The van der Waals surface area contributed by atoms with E-state index in [0.717, 1.165) is 42.7 Å². The van der Waals surface area contributed by atoms with Crippen molar-refractivity contribution in [2.24, 2.45) is 5.92 Å². The first-order valence-electron chi connectivity index (χ1n) is 9.87. The third-order valence-corrected chi connectivity index (χ3v) is 6.16. The average molecular weight is 445 g/mol. The van der Waals surface area contributed by atoms with Crippen LogP contribution in [0.1, 0.15) is 24.3 Å². The fraction of sp³-hybridized carbons (Fsp3) is 0.318. The van der Waals surface area contributed by atoms with Crippen LogP contribution >= 0.6 is 23.2 Å². The molecule has 1 aliphatic heterocycles. The predicted octanol–water partition coefficient (Wildman–Crippen LogP) is 5.20. The average Bonchev–Trinajstić information content (AvgIpc) is 3.20. The zero-order valence-electron chi connectivity index (χ0n) is 16.6. The Kier molecular flexibility index (Phi) is 6.37. The summed E-state index contributed by atoms with van der Waals surface area (Å²) in [6, 6.07) is 12.9. The summed E-state index contributed by atoms with van der Waals surface area (Å²) in [5, 5.41) is 8.30. The quantitative estimate of drug-likeness (QED) is 0.585. The van der Waals surface area contributed by atoms with Gasteiger partial charge in [-0.3, -0.25) is 9.69 Å². The Bertz CT molecular complexity index is 1050. The van der Waals surface area contributed by atoms with E-state index in [2.05, 4.69) is 20.4 Å². The zero-order chi connectivity index (χ0) is 21.1. The van der Waals surface area contributed by atoms with Crippen molar-refractivity contribution in [3.63, 3.8) is 0 Å². The van der Waals surface area contributed by atoms with Crippen molar-refractivity contribution in [1.82, 2.24) is 15.0 Å². The highest BCUT2D eigenvalue weighted by Crippen LogP contribution is 2.27. The number of carbonyl (C=O) groups excluding carboxylic acids is 1. The molecule has 1 aliphatic rings. The topological polar surface area (TPSA) is 71.3 Å². The van der Waals surface area contributed by atoms with Crippen LogP contribution in [0.5, 0.6) is 0 Å². The number of hydrogen-bond donors (Lipinski definition) is 1. The SMILES string of the molecule is Cc1c(Cl)cccc1NC(=O)C1CCN(Cc2nc(-c3ccccc3Cl)no2)CC1. The van der Waals surface area contributed by atoms with E-state index in [0.29, 0.717) is 28.3 Å². The summed E-state index contributed by atoms with van der Waals surface area (Å²) < 4.78 is 5.40. The fourth-order valence-corrected chi connectivity index (χ4v) is 3.99. The molecule has 1 aromatic heterocycles. The normalized spacial score (nSPS) is 15.3. The summed E-state index contributed by atoms with van der Waals surface area (Å²) in [6.45, 7) is 4.04. The lowest BCUT2D eigenvalue weighted by Crippen LogP contribution is -2.37. The minimum absolute atomic E-state index is 0.0268. The molecule has 2 heterocycles. The number of amides is 1. The van der Waals surface area contributed by atoms with Gasteiger partial charge in [0.2, 0.25) is 17.6 Å². The van der Waals surface area contributed by atoms with E-state index in [4.69, 9.17) is 27.7 Å². The van der Waals surface area contributed by atoms with Gasteiger partial charge >= 0.3 is 0 Å². The minimum atomic E-state index is -0.0268. The lowest BCUT2D eigenvalue weighted by Gasteiger charge is -2.30. The maximum absolute atomic E-state index is 12.7. The Morgan fingerprint density at radius 2 is 1.87 bits per heavy atom. The molecule has 0 atom stereocenters. The number of benzene rings is 2. The summed E-state index contributed by atoms with van der Waals surface area (Å²) >= 11 is 12.3. The van der Waals surface area contributed by atoms with E-state index in [9.17, 15) is 4.79 Å². The van der Waals surface area contributed by atoms with E-state index in [1.54, 1.807) is 6.07 Å². The second-order valence-corrected chi connectivity index (χ2v) is 8.26. The van der Waals surface area contributed by atoms with Crippen molar-refractivity contribution in [1.29, 1.82) is 0 Å². The highest BCUT2D eigenvalue weighted by Gasteiger charge is 2.26. The van der Waals surface area contributed by atoms with Gasteiger partial charge in [-0.2, -0.15) is 4.98 Å². The van der Waals surface area contributed by atoms with E-state index >= 15 is 0 Å². The molecule has 0 saturated carbocycles. The summed E-state index contributed by atoms with van der Waals surface area (Å²) in [5.41, 5.74) is 2.41. The maximum atomic E-state index is 12.7. The van der Waals surface area contributed by atoms with Crippen LogP contribution in [0.25, 0.3) is 11.4 Å². The second kappa shape index (κ2) is 9.16. The number of nitrogens with one attached hydrogen (secondary N) is 1. The monoisotopic (exact) mass is 444 g/mol. The van der Waals surface area contributed by atoms with E-state index in [1.807, 2.05) is 43.3 Å². The van der Waals surface area contributed by atoms with Crippen molar-refractivity contribution < 1.29 is 9.32 Å². The highest BCUT2D eigenvalue weighted by molar-refractivity contribution is 6.33. The minimum Gasteiger partial charge on any atom is -0.338 e. The summed E-state index contributed by atoms with van der Waals surface area (Å²) in [5.74, 6) is 1.05. The molecule has 3 aromatic rings. The molecule has 8 heteroatoms. The molecule has 6 nitrogen and oxygen atoms in total. The van der Waals surface area contributed by atoms with E-state index in [1.165, 1.54) is 0 Å². The number of hydrogen-bond acceptors (Lipinski definition) is 5. The standard InChI is InChI=1S/C22H22Cl2N4O2/c1-14-17(23)7-4-8-19(14)25-22(29)15-9-11-28(12-10-15)13-20-26-21(27-30-20)16-5-2-3-6-18(16)24/h2-8,15H,9-13H2,1H3,(H,25,29). The van der Waals surface area contributed by atoms with Crippen molar-refractivity contribution in [2.45, 2.75) is 26.3 Å². The number of nitrogens with zero attached hydrogens (tertiary/aromatic N) is 3. The molecule has 0 spiro atoms. The van der Waals surface area contributed by atoms with E-state index < -0.39 is 0 Å². The van der Waals surface area contributed by atoms with Gasteiger partial charge in [-0.1, -0.05) is 46.6 Å². The third kappa shape index (κ3) is 4.67. The van der Waals surface area contributed by atoms with Crippen LogP contribution in [0.15, 0.2) is 47.0 Å². The number of anilines is 1. The lowest BCUT2D eigenvalue weighted by atomic mass is 9.95. The third-order valence-electron chi connectivity index (χ3n) is 5.43. The first kappa shape index (κ1) is 20.8. The fourth-order valence-electron chi connectivity index (χ4n) is 3.59. The molecule has 0 bridgehead atoms. The van der Waals surface area contributed by atoms with Crippen LogP contribution < -0.4 is 5.32 Å². The van der Waals surface area contributed by atoms with Gasteiger partial charge in [0.05, 0.1) is 11.6 Å². The Morgan fingerprint density at radius 3 is 2.63 bits per heavy atom. The molecule has 156 valence electrons. The van der Waals surface area contributed by atoms with Gasteiger partial charge in [0.1, 0.15) is 0 Å². The van der Waals surface area contributed by atoms with Crippen molar-refractivity contribution in [3.8, 4) is 11.4 Å².